The van der Waals surface area contributed by atoms with Crippen molar-refractivity contribution in [2.45, 2.75) is 6.42 Å². The summed E-state index contributed by atoms with van der Waals surface area (Å²) in [5.41, 5.74) is 7.14. The van der Waals surface area contributed by atoms with Crippen LogP contribution in [0.4, 0.5) is 17.1 Å². The van der Waals surface area contributed by atoms with Gasteiger partial charge in [-0.05, 0) is 40.8 Å². The first-order valence-electron chi connectivity index (χ1n) is 9.27. The molecule has 0 saturated heterocycles. The number of rotatable bonds is 3. The van der Waals surface area contributed by atoms with Gasteiger partial charge in [0, 0.05) is 30.2 Å². The van der Waals surface area contributed by atoms with E-state index in [4.69, 9.17) is 4.99 Å². The number of benzene rings is 4. The van der Waals surface area contributed by atoms with E-state index in [2.05, 4.69) is 96.9 Å². The largest absolute Gasteiger partial charge is 0.344 e. The quantitative estimate of drug-likeness (QED) is 0.425. The monoisotopic (exact) mass is 348 g/mol. The maximum Gasteiger partial charge on any atom is 0.0669 e. The molecule has 0 radical (unpaired) electrons. The normalized spacial score (nSPS) is 12.7. The van der Waals surface area contributed by atoms with Crippen molar-refractivity contribution < 1.29 is 0 Å². The Morgan fingerprint density at radius 3 is 2.33 bits per heavy atom. The zero-order valence-electron chi connectivity index (χ0n) is 15.3. The Labute approximate surface area is 159 Å². The SMILES string of the molecule is CN(c1ccc(C2=Nc3ccccc3C2)cc1)c1cccc2ccccc12. The van der Waals surface area contributed by atoms with Crippen molar-refractivity contribution >= 4 is 33.5 Å². The first kappa shape index (κ1) is 15.8. The zero-order chi connectivity index (χ0) is 18.2. The van der Waals surface area contributed by atoms with Crippen molar-refractivity contribution in [1.82, 2.24) is 0 Å². The summed E-state index contributed by atoms with van der Waals surface area (Å²) in [6.45, 7) is 0. The molecule has 2 heteroatoms. The van der Waals surface area contributed by atoms with Crippen LogP contribution >= 0.6 is 0 Å². The summed E-state index contributed by atoms with van der Waals surface area (Å²) in [7, 11) is 2.12. The van der Waals surface area contributed by atoms with Crippen LogP contribution in [0.5, 0.6) is 0 Å². The van der Waals surface area contributed by atoms with Crippen molar-refractivity contribution in [3.05, 3.63) is 102 Å². The smallest absolute Gasteiger partial charge is 0.0669 e. The molecule has 0 spiro atoms. The highest BCUT2D eigenvalue weighted by Gasteiger charge is 2.15. The molecular weight excluding hydrogens is 328 g/mol. The molecule has 130 valence electrons. The van der Waals surface area contributed by atoms with E-state index in [0.29, 0.717) is 0 Å². The summed E-state index contributed by atoms with van der Waals surface area (Å²) in [5, 5.41) is 2.53. The van der Waals surface area contributed by atoms with Crippen molar-refractivity contribution in [3.63, 3.8) is 0 Å². The van der Waals surface area contributed by atoms with Gasteiger partial charge in [0.15, 0.2) is 0 Å². The highest BCUT2D eigenvalue weighted by molar-refractivity contribution is 6.06. The van der Waals surface area contributed by atoms with Crippen LogP contribution in [0.2, 0.25) is 0 Å². The van der Waals surface area contributed by atoms with Crippen molar-refractivity contribution in [2.24, 2.45) is 4.99 Å². The Kier molecular flexibility index (Phi) is 3.75. The summed E-state index contributed by atoms with van der Waals surface area (Å²) in [6.07, 6.45) is 0.911. The van der Waals surface area contributed by atoms with Gasteiger partial charge >= 0.3 is 0 Å². The van der Waals surface area contributed by atoms with E-state index in [-0.39, 0.29) is 0 Å². The summed E-state index contributed by atoms with van der Waals surface area (Å²) < 4.78 is 0. The van der Waals surface area contributed by atoms with Crippen molar-refractivity contribution in [1.29, 1.82) is 0 Å². The highest BCUT2D eigenvalue weighted by Crippen LogP contribution is 2.32. The van der Waals surface area contributed by atoms with E-state index >= 15 is 0 Å². The van der Waals surface area contributed by atoms with E-state index in [1.807, 2.05) is 6.07 Å². The molecule has 0 aliphatic carbocycles. The van der Waals surface area contributed by atoms with Gasteiger partial charge in [-0.25, -0.2) is 0 Å². The number of hydrogen-bond donors (Lipinski definition) is 0. The molecule has 1 aliphatic heterocycles. The van der Waals surface area contributed by atoms with E-state index in [9.17, 15) is 0 Å². The first-order chi connectivity index (χ1) is 13.3. The number of para-hydroxylation sites is 1. The molecule has 1 aliphatic rings. The average Bonchev–Trinajstić information content (AvgIpc) is 3.17. The van der Waals surface area contributed by atoms with Crippen LogP contribution in [0, 0.1) is 0 Å². The molecule has 0 saturated carbocycles. The van der Waals surface area contributed by atoms with Gasteiger partial charge in [-0.15, -0.1) is 0 Å². The summed E-state index contributed by atoms with van der Waals surface area (Å²) in [6, 6.07) is 32.1. The Bertz CT molecular complexity index is 1150. The van der Waals surface area contributed by atoms with E-state index < -0.39 is 0 Å². The minimum Gasteiger partial charge on any atom is -0.344 e. The van der Waals surface area contributed by atoms with Crippen molar-refractivity contribution in [3.8, 4) is 0 Å². The molecule has 0 bridgehead atoms. The molecule has 4 aromatic rings. The lowest BCUT2D eigenvalue weighted by Gasteiger charge is -2.21. The first-order valence-corrected chi connectivity index (χ1v) is 9.27. The molecule has 4 aromatic carbocycles. The third-order valence-electron chi connectivity index (χ3n) is 5.32. The molecule has 1 heterocycles. The van der Waals surface area contributed by atoms with Crippen LogP contribution in [-0.4, -0.2) is 12.8 Å². The Morgan fingerprint density at radius 1 is 0.741 bits per heavy atom. The van der Waals surface area contributed by atoms with Gasteiger partial charge in [0.25, 0.3) is 0 Å². The van der Waals surface area contributed by atoms with Gasteiger partial charge in [-0.1, -0.05) is 66.7 Å². The summed E-state index contributed by atoms with van der Waals surface area (Å²) >= 11 is 0. The predicted molar refractivity (Wildman–Crippen MR) is 115 cm³/mol. The minimum absolute atomic E-state index is 0.911. The second-order valence-electron chi connectivity index (χ2n) is 6.97. The lowest BCUT2D eigenvalue weighted by molar-refractivity contribution is 1.22. The third kappa shape index (κ3) is 2.80. The number of anilines is 2. The zero-order valence-corrected chi connectivity index (χ0v) is 15.3. The minimum atomic E-state index is 0.911. The average molecular weight is 348 g/mol. The van der Waals surface area contributed by atoms with Gasteiger partial charge in [-0.3, -0.25) is 4.99 Å². The molecule has 0 aromatic heterocycles. The van der Waals surface area contributed by atoms with Crippen LogP contribution in [-0.2, 0) is 6.42 Å². The lowest BCUT2D eigenvalue weighted by atomic mass is 10.0. The van der Waals surface area contributed by atoms with Gasteiger partial charge < -0.3 is 4.90 Å². The topological polar surface area (TPSA) is 15.6 Å². The summed E-state index contributed by atoms with van der Waals surface area (Å²) in [4.78, 5) is 7.05. The summed E-state index contributed by atoms with van der Waals surface area (Å²) in [5.74, 6) is 0. The van der Waals surface area contributed by atoms with E-state index in [1.165, 1.54) is 33.3 Å². The fourth-order valence-electron chi connectivity index (χ4n) is 3.82. The second-order valence-corrected chi connectivity index (χ2v) is 6.97. The Balaban J connectivity index is 1.45. The molecular formula is C25H20N2. The number of hydrogen-bond acceptors (Lipinski definition) is 2. The second kappa shape index (κ2) is 6.40. The number of nitrogens with zero attached hydrogens (tertiary/aromatic N) is 2. The van der Waals surface area contributed by atoms with Crippen molar-refractivity contribution in [2.75, 3.05) is 11.9 Å². The van der Waals surface area contributed by atoms with Crippen LogP contribution in [0.15, 0.2) is 96.0 Å². The highest BCUT2D eigenvalue weighted by atomic mass is 15.1. The molecule has 0 fully saturated rings. The number of fused-ring (bicyclic) bond motifs is 2. The standard InChI is InChI=1S/C25H20N2/c1-27(25-12-6-9-18-7-2-4-10-22(18)25)21-15-13-19(14-16-21)24-17-20-8-3-5-11-23(20)26-24/h2-16H,17H2,1H3. The predicted octanol–water partition coefficient (Wildman–Crippen LogP) is 6.28. The van der Waals surface area contributed by atoms with Gasteiger partial charge in [-0.2, -0.15) is 0 Å². The van der Waals surface area contributed by atoms with Gasteiger partial charge in [0.05, 0.1) is 11.4 Å². The van der Waals surface area contributed by atoms with Crippen LogP contribution in [0.1, 0.15) is 11.1 Å². The maximum atomic E-state index is 4.80. The fourth-order valence-corrected chi connectivity index (χ4v) is 3.82. The Morgan fingerprint density at radius 2 is 1.48 bits per heavy atom. The van der Waals surface area contributed by atoms with Crippen LogP contribution < -0.4 is 4.90 Å². The fraction of sp³-hybridized carbons (Fsp3) is 0.0800. The van der Waals surface area contributed by atoms with E-state index in [1.54, 1.807) is 0 Å². The van der Waals surface area contributed by atoms with Crippen LogP contribution in [0.25, 0.3) is 10.8 Å². The number of aliphatic imine (C=N–C) groups is 1. The third-order valence-corrected chi connectivity index (χ3v) is 5.32. The molecule has 0 unspecified atom stereocenters. The van der Waals surface area contributed by atoms with E-state index in [0.717, 1.165) is 17.8 Å². The molecule has 2 nitrogen and oxygen atoms in total. The molecule has 0 N–H and O–H groups in total. The molecule has 0 amide bonds. The van der Waals surface area contributed by atoms with Crippen LogP contribution in [0.3, 0.4) is 0 Å². The molecule has 5 rings (SSSR count). The molecule has 0 atom stereocenters. The van der Waals surface area contributed by atoms with Gasteiger partial charge in [0.2, 0.25) is 0 Å². The Hall–Kier alpha value is -3.39. The lowest BCUT2D eigenvalue weighted by Crippen LogP contribution is -2.10. The van der Waals surface area contributed by atoms with Gasteiger partial charge in [0.1, 0.15) is 0 Å². The molecule has 27 heavy (non-hydrogen) atoms. The maximum absolute atomic E-state index is 4.80.